The fourth-order valence-electron chi connectivity index (χ4n) is 0.516. The maximum absolute atomic E-state index is 5.42. The highest BCUT2D eigenvalue weighted by atomic mass is 79.9. The third kappa shape index (κ3) is 1.48. The van der Waals surface area contributed by atoms with Gasteiger partial charge in [-0.1, -0.05) is 0 Å². The van der Waals surface area contributed by atoms with Crippen molar-refractivity contribution in [1.29, 1.82) is 0 Å². The molecule has 0 aliphatic carbocycles. The van der Waals surface area contributed by atoms with Gasteiger partial charge in [0.15, 0.2) is 5.84 Å². The maximum Gasteiger partial charge on any atom is 0.160 e. The maximum atomic E-state index is 5.42. The van der Waals surface area contributed by atoms with Gasteiger partial charge in [-0.2, -0.15) is 5.10 Å². The summed E-state index contributed by atoms with van der Waals surface area (Å²) in [5, 5.41) is 3.36. The molecule has 0 aliphatic rings. The van der Waals surface area contributed by atoms with Gasteiger partial charge < -0.3 is 11.6 Å². The first kappa shape index (κ1) is 7.56. The van der Waals surface area contributed by atoms with Crippen LogP contribution in [0.2, 0.25) is 0 Å². The first-order chi connectivity index (χ1) is 4.74. The van der Waals surface area contributed by atoms with Crippen molar-refractivity contribution in [3.8, 4) is 0 Å². The molecule has 0 fully saturated rings. The predicted molar refractivity (Wildman–Crippen MR) is 46.9 cm³/mol. The molecule has 0 aliphatic heterocycles. The molecule has 1 heterocycles. The molecule has 0 bridgehead atoms. The fourth-order valence-corrected chi connectivity index (χ4v) is 1.81. The van der Waals surface area contributed by atoms with E-state index in [2.05, 4.69) is 21.0 Å². The summed E-state index contributed by atoms with van der Waals surface area (Å²) in [5.74, 6) is 5.34. The number of rotatable bonds is 1. The zero-order valence-electron chi connectivity index (χ0n) is 5.04. The van der Waals surface area contributed by atoms with E-state index in [4.69, 9.17) is 11.6 Å². The molecule has 0 saturated heterocycles. The molecule has 0 atom stereocenters. The lowest BCUT2D eigenvalue weighted by Crippen LogP contribution is -2.13. The van der Waals surface area contributed by atoms with Gasteiger partial charge in [0.25, 0.3) is 0 Å². The van der Waals surface area contributed by atoms with E-state index < -0.39 is 0 Å². The Morgan fingerprint density at radius 3 is 2.70 bits per heavy atom. The van der Waals surface area contributed by atoms with Gasteiger partial charge in [-0.15, -0.1) is 11.3 Å². The molecule has 3 nitrogen and oxygen atoms in total. The molecule has 54 valence electrons. The second-order valence-corrected chi connectivity index (χ2v) is 4.08. The molecule has 1 aromatic rings. The summed E-state index contributed by atoms with van der Waals surface area (Å²) in [7, 11) is 0. The van der Waals surface area contributed by atoms with E-state index in [1.54, 1.807) is 0 Å². The largest absolute Gasteiger partial charge is 0.381 e. The molecule has 0 unspecified atom stereocenters. The first-order valence-electron chi connectivity index (χ1n) is 2.53. The Balaban J connectivity index is 2.95. The van der Waals surface area contributed by atoms with Crippen molar-refractivity contribution >= 4 is 33.1 Å². The minimum atomic E-state index is 0.371. The summed E-state index contributed by atoms with van der Waals surface area (Å²) in [5.41, 5.74) is 5.42. The normalized spacial score (nSPS) is 11.9. The summed E-state index contributed by atoms with van der Waals surface area (Å²) in [6, 6.07) is 3.76. The Hall–Kier alpha value is -0.550. The molecule has 1 rings (SSSR count). The number of hydrazone groups is 1. The Morgan fingerprint density at radius 1 is 1.60 bits per heavy atom. The number of thiophene rings is 1. The van der Waals surface area contributed by atoms with Crippen molar-refractivity contribution < 1.29 is 0 Å². The van der Waals surface area contributed by atoms with E-state index in [0.717, 1.165) is 8.66 Å². The Morgan fingerprint density at radius 2 is 2.30 bits per heavy atom. The van der Waals surface area contributed by atoms with Crippen LogP contribution in [0.15, 0.2) is 21.0 Å². The molecule has 0 radical (unpaired) electrons. The van der Waals surface area contributed by atoms with Crippen molar-refractivity contribution in [2.24, 2.45) is 16.7 Å². The van der Waals surface area contributed by atoms with Crippen LogP contribution in [0.3, 0.4) is 0 Å². The van der Waals surface area contributed by atoms with Crippen molar-refractivity contribution in [1.82, 2.24) is 0 Å². The second-order valence-electron chi connectivity index (χ2n) is 1.62. The van der Waals surface area contributed by atoms with Crippen molar-refractivity contribution in [2.45, 2.75) is 0 Å². The van der Waals surface area contributed by atoms with E-state index >= 15 is 0 Å². The van der Waals surface area contributed by atoms with Crippen LogP contribution in [0.1, 0.15) is 4.88 Å². The lowest BCUT2D eigenvalue weighted by Gasteiger charge is -1.89. The van der Waals surface area contributed by atoms with Gasteiger partial charge >= 0.3 is 0 Å². The van der Waals surface area contributed by atoms with Crippen LogP contribution in [0, 0.1) is 0 Å². The fraction of sp³-hybridized carbons (Fsp3) is 0. The van der Waals surface area contributed by atoms with E-state index in [0.29, 0.717) is 5.84 Å². The van der Waals surface area contributed by atoms with E-state index in [1.165, 1.54) is 11.3 Å². The van der Waals surface area contributed by atoms with Gasteiger partial charge in [0.1, 0.15) is 0 Å². The zero-order chi connectivity index (χ0) is 7.56. The smallest absolute Gasteiger partial charge is 0.160 e. The average Bonchev–Trinajstić information content (AvgIpc) is 2.34. The monoisotopic (exact) mass is 219 g/mol. The van der Waals surface area contributed by atoms with Crippen molar-refractivity contribution in [2.75, 3.05) is 0 Å². The summed E-state index contributed by atoms with van der Waals surface area (Å²) in [6.07, 6.45) is 0. The third-order valence-electron chi connectivity index (χ3n) is 0.965. The van der Waals surface area contributed by atoms with Crippen LogP contribution in [-0.2, 0) is 0 Å². The summed E-state index contributed by atoms with van der Waals surface area (Å²) in [6.45, 7) is 0. The molecular weight excluding hydrogens is 214 g/mol. The Kier molecular flexibility index (Phi) is 2.29. The topological polar surface area (TPSA) is 64.4 Å². The van der Waals surface area contributed by atoms with Gasteiger partial charge in [0.05, 0.1) is 8.66 Å². The minimum Gasteiger partial charge on any atom is -0.381 e. The molecule has 5 heteroatoms. The second kappa shape index (κ2) is 3.03. The molecule has 0 aromatic carbocycles. The van der Waals surface area contributed by atoms with E-state index in [9.17, 15) is 0 Å². The highest BCUT2D eigenvalue weighted by Crippen LogP contribution is 2.21. The number of nitrogens with zero attached hydrogens (tertiary/aromatic N) is 1. The van der Waals surface area contributed by atoms with Crippen LogP contribution >= 0.6 is 27.3 Å². The SMILES string of the molecule is N/N=C(/N)c1ccc(Br)s1. The Labute approximate surface area is 70.8 Å². The molecular formula is C5H6BrN3S. The molecule has 1 aromatic heterocycles. The molecule has 0 amide bonds. The first-order valence-corrected chi connectivity index (χ1v) is 4.14. The highest BCUT2D eigenvalue weighted by Gasteiger charge is 1.99. The number of hydrogen-bond acceptors (Lipinski definition) is 3. The standard InChI is InChI=1S/C5H6BrN3S/c6-4-2-1-3(10-4)5(7)9-8/h1-2H,8H2,(H2,7,9). The van der Waals surface area contributed by atoms with Crippen LogP contribution in [-0.4, -0.2) is 5.84 Å². The van der Waals surface area contributed by atoms with Crippen LogP contribution in [0.5, 0.6) is 0 Å². The molecule has 10 heavy (non-hydrogen) atoms. The van der Waals surface area contributed by atoms with Crippen LogP contribution in [0.25, 0.3) is 0 Å². The average molecular weight is 220 g/mol. The highest BCUT2D eigenvalue weighted by molar-refractivity contribution is 9.11. The number of nitrogens with two attached hydrogens (primary N) is 2. The van der Waals surface area contributed by atoms with Gasteiger partial charge in [0.2, 0.25) is 0 Å². The Bertz CT molecular complexity index is 255. The van der Waals surface area contributed by atoms with Gasteiger partial charge in [-0.05, 0) is 28.1 Å². The summed E-state index contributed by atoms with van der Waals surface area (Å²) >= 11 is 4.80. The molecule has 4 N–H and O–H groups in total. The number of hydrogen-bond donors (Lipinski definition) is 2. The van der Waals surface area contributed by atoms with Crippen LogP contribution in [0.4, 0.5) is 0 Å². The quantitative estimate of drug-likeness (QED) is 0.322. The minimum absolute atomic E-state index is 0.371. The van der Waals surface area contributed by atoms with Gasteiger partial charge in [-0.3, -0.25) is 0 Å². The zero-order valence-corrected chi connectivity index (χ0v) is 7.45. The molecule has 0 spiro atoms. The molecule has 0 saturated carbocycles. The summed E-state index contributed by atoms with van der Waals surface area (Å²) < 4.78 is 1.02. The van der Waals surface area contributed by atoms with Gasteiger partial charge in [-0.25, -0.2) is 0 Å². The lowest BCUT2D eigenvalue weighted by molar-refractivity contribution is 1.23. The van der Waals surface area contributed by atoms with Crippen LogP contribution < -0.4 is 11.6 Å². The van der Waals surface area contributed by atoms with Gasteiger partial charge in [0, 0.05) is 0 Å². The lowest BCUT2D eigenvalue weighted by atomic mass is 10.4. The summed E-state index contributed by atoms with van der Waals surface area (Å²) in [4.78, 5) is 0.884. The number of halogens is 1. The van der Waals surface area contributed by atoms with E-state index in [-0.39, 0.29) is 0 Å². The predicted octanol–water partition coefficient (Wildman–Crippen LogP) is 1.09. The van der Waals surface area contributed by atoms with E-state index in [1.807, 2.05) is 12.1 Å². The number of amidine groups is 1. The van der Waals surface area contributed by atoms with Crippen molar-refractivity contribution in [3.63, 3.8) is 0 Å². The third-order valence-corrected chi connectivity index (χ3v) is 2.61. The van der Waals surface area contributed by atoms with Crippen molar-refractivity contribution in [3.05, 3.63) is 20.8 Å².